The van der Waals surface area contributed by atoms with Crippen molar-refractivity contribution in [2.75, 3.05) is 6.61 Å². The standard InChI is InChI=1S/C20H22N4O5/c1-3-29-20(26)22-17(16-7-5-4-6-8-16)12-19(25)23-21-13-15-10-9-14(2)18(11-15)24(27)28/h4-11,13,17H,3,12H2,1-2H3,(H,22,26)(H,23,25)/b21-13-/t17-/m0/s1. The van der Waals surface area contributed by atoms with Crippen LogP contribution in [0.1, 0.15) is 36.1 Å². The van der Waals surface area contributed by atoms with Gasteiger partial charge >= 0.3 is 6.09 Å². The number of nitrogens with one attached hydrogen (secondary N) is 2. The minimum absolute atomic E-state index is 0.0249. The van der Waals surface area contributed by atoms with Gasteiger partial charge in [0.2, 0.25) is 5.91 Å². The van der Waals surface area contributed by atoms with Gasteiger partial charge in [-0.25, -0.2) is 10.2 Å². The molecule has 0 saturated heterocycles. The SMILES string of the molecule is CCOC(=O)N[C@@H](CC(=O)N/N=C\c1ccc(C)c([N+](=O)[O-])c1)c1ccccc1. The smallest absolute Gasteiger partial charge is 0.407 e. The third kappa shape index (κ3) is 6.73. The average Bonchev–Trinajstić information content (AvgIpc) is 2.69. The Morgan fingerprint density at radius 1 is 1.24 bits per heavy atom. The van der Waals surface area contributed by atoms with Crippen LogP contribution < -0.4 is 10.7 Å². The fraction of sp³-hybridized carbons (Fsp3) is 0.250. The van der Waals surface area contributed by atoms with E-state index in [9.17, 15) is 19.7 Å². The Morgan fingerprint density at radius 3 is 2.62 bits per heavy atom. The molecule has 2 N–H and O–H groups in total. The average molecular weight is 398 g/mol. The summed E-state index contributed by atoms with van der Waals surface area (Å²) in [6.45, 7) is 3.54. The second-order valence-electron chi connectivity index (χ2n) is 6.13. The first-order valence-corrected chi connectivity index (χ1v) is 8.96. The Kier molecular flexibility index (Phi) is 7.84. The highest BCUT2D eigenvalue weighted by Gasteiger charge is 2.18. The van der Waals surface area contributed by atoms with E-state index in [0.717, 1.165) is 5.56 Å². The third-order valence-corrected chi connectivity index (χ3v) is 3.99. The number of hydrogen-bond acceptors (Lipinski definition) is 6. The number of hydrogen-bond donors (Lipinski definition) is 2. The first kappa shape index (κ1) is 21.5. The minimum atomic E-state index is -0.621. The van der Waals surface area contributed by atoms with Gasteiger partial charge in [-0.15, -0.1) is 0 Å². The van der Waals surface area contributed by atoms with Crippen molar-refractivity contribution in [1.29, 1.82) is 0 Å². The van der Waals surface area contributed by atoms with Gasteiger partial charge in [-0.3, -0.25) is 14.9 Å². The summed E-state index contributed by atoms with van der Waals surface area (Å²) in [4.78, 5) is 34.6. The Hall–Kier alpha value is -3.75. The number of amides is 2. The number of ether oxygens (including phenoxy) is 1. The van der Waals surface area contributed by atoms with Gasteiger partial charge in [0.15, 0.2) is 0 Å². The number of alkyl carbamates (subject to hydrolysis) is 1. The predicted octanol–water partition coefficient (Wildman–Crippen LogP) is 3.23. The molecule has 0 bridgehead atoms. The summed E-state index contributed by atoms with van der Waals surface area (Å²) < 4.78 is 4.89. The van der Waals surface area contributed by atoms with Gasteiger partial charge in [0.05, 0.1) is 30.2 Å². The van der Waals surface area contributed by atoms with Crippen molar-refractivity contribution in [3.63, 3.8) is 0 Å². The minimum Gasteiger partial charge on any atom is -0.450 e. The number of carbonyl (C=O) groups is 2. The van der Waals surface area contributed by atoms with Crippen molar-refractivity contribution in [2.24, 2.45) is 5.10 Å². The Labute approximate surface area is 167 Å². The zero-order chi connectivity index (χ0) is 21.2. The van der Waals surface area contributed by atoms with Crippen LogP contribution in [0.5, 0.6) is 0 Å². The van der Waals surface area contributed by atoms with Crippen molar-refractivity contribution in [1.82, 2.24) is 10.7 Å². The Balaban J connectivity index is 2.02. The van der Waals surface area contributed by atoms with E-state index in [4.69, 9.17) is 4.74 Å². The quantitative estimate of drug-likeness (QED) is 0.401. The lowest BCUT2D eigenvalue weighted by atomic mass is 10.0. The molecule has 2 aromatic carbocycles. The van der Waals surface area contributed by atoms with Crippen LogP contribution >= 0.6 is 0 Å². The van der Waals surface area contributed by atoms with Crippen molar-refractivity contribution >= 4 is 23.9 Å². The normalized spacial score (nSPS) is 11.7. The van der Waals surface area contributed by atoms with E-state index in [1.165, 1.54) is 12.3 Å². The second kappa shape index (κ2) is 10.5. The molecule has 0 spiro atoms. The van der Waals surface area contributed by atoms with Crippen LogP contribution in [-0.2, 0) is 9.53 Å². The van der Waals surface area contributed by atoms with Crippen LogP contribution in [0, 0.1) is 17.0 Å². The summed E-state index contributed by atoms with van der Waals surface area (Å²) >= 11 is 0. The largest absolute Gasteiger partial charge is 0.450 e. The maximum Gasteiger partial charge on any atom is 0.407 e. The lowest BCUT2D eigenvalue weighted by molar-refractivity contribution is -0.385. The van der Waals surface area contributed by atoms with Gasteiger partial charge in [-0.05, 0) is 19.4 Å². The molecule has 2 amide bonds. The summed E-state index contributed by atoms with van der Waals surface area (Å²) in [5.74, 6) is -0.437. The highest BCUT2D eigenvalue weighted by Crippen LogP contribution is 2.18. The number of hydrazone groups is 1. The Morgan fingerprint density at radius 2 is 1.97 bits per heavy atom. The number of aryl methyl sites for hydroxylation is 1. The van der Waals surface area contributed by atoms with E-state index in [0.29, 0.717) is 11.1 Å². The zero-order valence-electron chi connectivity index (χ0n) is 16.1. The maximum atomic E-state index is 12.3. The molecule has 0 aromatic heterocycles. The molecule has 0 fully saturated rings. The molecule has 29 heavy (non-hydrogen) atoms. The van der Waals surface area contributed by atoms with Gasteiger partial charge in [-0.2, -0.15) is 5.10 Å². The summed E-state index contributed by atoms with van der Waals surface area (Å²) in [6.07, 6.45) is 0.638. The number of nitrogens with zero attached hydrogens (tertiary/aromatic N) is 2. The molecule has 2 aromatic rings. The first-order valence-electron chi connectivity index (χ1n) is 8.96. The zero-order valence-corrected chi connectivity index (χ0v) is 16.1. The molecule has 0 saturated carbocycles. The first-order chi connectivity index (χ1) is 13.9. The fourth-order valence-corrected chi connectivity index (χ4v) is 2.57. The Bertz CT molecular complexity index is 899. The van der Waals surface area contributed by atoms with E-state index >= 15 is 0 Å². The molecule has 1 atom stereocenters. The summed E-state index contributed by atoms with van der Waals surface area (Å²) in [5.41, 5.74) is 4.10. The number of rotatable bonds is 8. The molecule has 9 nitrogen and oxygen atoms in total. The van der Waals surface area contributed by atoms with Gasteiger partial charge < -0.3 is 10.1 Å². The summed E-state index contributed by atoms with van der Waals surface area (Å²) in [5, 5.41) is 17.5. The van der Waals surface area contributed by atoms with E-state index < -0.39 is 23.0 Å². The maximum absolute atomic E-state index is 12.3. The van der Waals surface area contributed by atoms with Crippen LogP contribution in [0.15, 0.2) is 53.6 Å². The second-order valence-corrected chi connectivity index (χ2v) is 6.13. The number of nitro benzene ring substituents is 1. The molecule has 0 radical (unpaired) electrons. The van der Waals surface area contributed by atoms with Crippen molar-refractivity contribution in [2.45, 2.75) is 26.3 Å². The van der Waals surface area contributed by atoms with Gasteiger partial charge in [-0.1, -0.05) is 42.5 Å². The van der Waals surface area contributed by atoms with Gasteiger partial charge in [0, 0.05) is 17.2 Å². The lowest BCUT2D eigenvalue weighted by Crippen LogP contribution is -2.33. The van der Waals surface area contributed by atoms with Crippen LogP contribution in [0.4, 0.5) is 10.5 Å². The van der Waals surface area contributed by atoms with Gasteiger partial charge in [0.25, 0.3) is 5.69 Å². The van der Waals surface area contributed by atoms with E-state index in [2.05, 4.69) is 15.8 Å². The predicted molar refractivity (Wildman–Crippen MR) is 108 cm³/mol. The molecule has 0 aliphatic heterocycles. The molecule has 0 unspecified atom stereocenters. The van der Waals surface area contributed by atoms with E-state index in [1.807, 2.05) is 6.07 Å². The molecule has 0 aliphatic rings. The molecule has 0 aliphatic carbocycles. The summed E-state index contributed by atoms with van der Waals surface area (Å²) in [6, 6.07) is 13.1. The number of benzene rings is 2. The van der Waals surface area contributed by atoms with E-state index in [1.54, 1.807) is 50.2 Å². The molecular weight excluding hydrogens is 376 g/mol. The fourth-order valence-electron chi connectivity index (χ4n) is 2.57. The summed E-state index contributed by atoms with van der Waals surface area (Å²) in [7, 11) is 0. The van der Waals surface area contributed by atoms with Gasteiger partial charge in [0.1, 0.15) is 0 Å². The van der Waals surface area contributed by atoms with E-state index in [-0.39, 0.29) is 18.7 Å². The highest BCUT2D eigenvalue weighted by atomic mass is 16.6. The molecular formula is C20H22N4O5. The van der Waals surface area contributed by atoms with Crippen molar-refractivity contribution in [3.05, 3.63) is 75.3 Å². The van der Waals surface area contributed by atoms with Crippen molar-refractivity contribution < 1.29 is 19.2 Å². The van der Waals surface area contributed by atoms with Crippen LogP contribution in [0.3, 0.4) is 0 Å². The molecule has 0 heterocycles. The monoisotopic (exact) mass is 398 g/mol. The lowest BCUT2D eigenvalue weighted by Gasteiger charge is -2.18. The third-order valence-electron chi connectivity index (χ3n) is 3.99. The van der Waals surface area contributed by atoms with Crippen molar-refractivity contribution in [3.8, 4) is 0 Å². The molecule has 9 heteroatoms. The number of carbonyl (C=O) groups excluding carboxylic acids is 2. The topological polar surface area (TPSA) is 123 Å². The molecule has 152 valence electrons. The van der Waals surface area contributed by atoms with Crippen LogP contribution in [0.2, 0.25) is 0 Å². The number of nitro groups is 1. The van der Waals surface area contributed by atoms with Crippen LogP contribution in [-0.4, -0.2) is 29.7 Å². The molecule has 2 rings (SSSR count). The van der Waals surface area contributed by atoms with Crippen LogP contribution in [0.25, 0.3) is 0 Å². The highest BCUT2D eigenvalue weighted by molar-refractivity contribution is 5.83.